The summed E-state index contributed by atoms with van der Waals surface area (Å²) in [5, 5.41) is 18.8. The second-order valence-corrected chi connectivity index (χ2v) is 5.95. The molecule has 1 atom stereocenters. The van der Waals surface area contributed by atoms with Gasteiger partial charge in [0.1, 0.15) is 11.8 Å². The maximum Gasteiger partial charge on any atom is 0.154 e. The smallest absolute Gasteiger partial charge is 0.154 e. The van der Waals surface area contributed by atoms with Crippen LogP contribution >= 0.6 is 15.9 Å². The van der Waals surface area contributed by atoms with Gasteiger partial charge in [0.25, 0.3) is 0 Å². The van der Waals surface area contributed by atoms with Crippen molar-refractivity contribution in [3.8, 4) is 0 Å². The summed E-state index contributed by atoms with van der Waals surface area (Å²) in [6.45, 7) is 2.59. The minimum atomic E-state index is -0.695. The minimum Gasteiger partial charge on any atom is -0.384 e. The molecule has 0 aliphatic heterocycles. The van der Waals surface area contributed by atoms with E-state index in [1.165, 1.54) is 12.8 Å². The predicted molar refractivity (Wildman–Crippen MR) is 75.7 cm³/mol. The van der Waals surface area contributed by atoms with E-state index in [1.807, 2.05) is 6.92 Å². The third-order valence-electron chi connectivity index (χ3n) is 3.97. The molecule has 0 spiro atoms. The van der Waals surface area contributed by atoms with Gasteiger partial charge in [-0.25, -0.2) is 4.68 Å². The van der Waals surface area contributed by atoms with Crippen LogP contribution in [0.4, 0.5) is 0 Å². The Labute approximate surface area is 122 Å². The number of hydrogen-bond donors (Lipinski definition) is 1. The van der Waals surface area contributed by atoms with Gasteiger partial charge in [-0.15, -0.1) is 5.10 Å². The fraction of sp³-hybridized carbons (Fsp3) is 0.846. The van der Waals surface area contributed by atoms with Crippen molar-refractivity contribution in [3.63, 3.8) is 0 Å². The molecule has 1 N–H and O–H groups in total. The second-order valence-electron chi connectivity index (χ2n) is 5.20. The summed E-state index contributed by atoms with van der Waals surface area (Å²) < 4.78 is 8.23. The van der Waals surface area contributed by atoms with Gasteiger partial charge in [-0.05, 0) is 35.7 Å². The zero-order valence-corrected chi connectivity index (χ0v) is 13.2. The van der Waals surface area contributed by atoms with Crippen LogP contribution in [0.2, 0.25) is 0 Å². The number of rotatable bonds is 4. The molecule has 0 aromatic carbocycles. The predicted octanol–water partition coefficient (Wildman–Crippen LogP) is 2.74. The summed E-state index contributed by atoms with van der Waals surface area (Å²) in [4.78, 5) is 0. The van der Waals surface area contributed by atoms with E-state index in [0.717, 1.165) is 25.7 Å². The molecule has 6 heteroatoms. The molecular weight excluding hydrogens is 310 g/mol. The van der Waals surface area contributed by atoms with Crippen LogP contribution in [0.25, 0.3) is 0 Å². The SMILES string of the molecule is CCOC1(C(O)c2c(Br)nnn2C)CCCCCC1. The summed E-state index contributed by atoms with van der Waals surface area (Å²) in [6.07, 6.45) is 5.71. The first-order valence-corrected chi connectivity index (χ1v) is 7.77. The molecule has 19 heavy (non-hydrogen) atoms. The number of aromatic nitrogens is 3. The largest absolute Gasteiger partial charge is 0.384 e. The van der Waals surface area contributed by atoms with Crippen molar-refractivity contribution in [2.45, 2.75) is 57.2 Å². The Hall–Kier alpha value is -0.460. The van der Waals surface area contributed by atoms with Gasteiger partial charge >= 0.3 is 0 Å². The van der Waals surface area contributed by atoms with Crippen molar-refractivity contribution in [1.29, 1.82) is 0 Å². The minimum absolute atomic E-state index is 0.497. The van der Waals surface area contributed by atoms with Gasteiger partial charge in [0.05, 0.1) is 5.60 Å². The number of nitrogens with zero attached hydrogens (tertiary/aromatic N) is 3. The fourth-order valence-corrected chi connectivity index (χ4v) is 3.53. The number of ether oxygens (including phenoxy) is 1. The highest BCUT2D eigenvalue weighted by Gasteiger charge is 2.42. The average molecular weight is 332 g/mol. The molecule has 2 rings (SSSR count). The van der Waals surface area contributed by atoms with Gasteiger partial charge in [-0.1, -0.05) is 30.9 Å². The molecule has 1 aliphatic carbocycles. The highest BCUT2D eigenvalue weighted by atomic mass is 79.9. The third-order valence-corrected chi connectivity index (χ3v) is 4.53. The maximum absolute atomic E-state index is 10.8. The molecule has 0 saturated heterocycles. The molecule has 0 amide bonds. The summed E-state index contributed by atoms with van der Waals surface area (Å²) in [5.74, 6) is 0. The van der Waals surface area contributed by atoms with E-state index in [9.17, 15) is 5.11 Å². The molecule has 1 unspecified atom stereocenters. The Morgan fingerprint density at radius 3 is 2.47 bits per heavy atom. The van der Waals surface area contributed by atoms with Gasteiger partial charge in [0.2, 0.25) is 0 Å². The van der Waals surface area contributed by atoms with Gasteiger partial charge in [-0.3, -0.25) is 0 Å². The normalized spacial score (nSPS) is 21.1. The Bertz CT molecular complexity index is 395. The molecule has 1 heterocycles. The third kappa shape index (κ3) is 3.01. The van der Waals surface area contributed by atoms with E-state index >= 15 is 0 Å². The lowest BCUT2D eigenvalue weighted by molar-refractivity contribution is -0.134. The second kappa shape index (κ2) is 6.33. The quantitative estimate of drug-likeness (QED) is 0.862. The molecule has 1 fully saturated rings. The number of aryl methyl sites for hydroxylation is 1. The number of hydrogen-bond acceptors (Lipinski definition) is 4. The highest BCUT2D eigenvalue weighted by molar-refractivity contribution is 9.10. The van der Waals surface area contributed by atoms with Crippen molar-refractivity contribution in [2.75, 3.05) is 6.61 Å². The Balaban J connectivity index is 2.32. The van der Waals surface area contributed by atoms with Crippen molar-refractivity contribution in [3.05, 3.63) is 10.3 Å². The lowest BCUT2D eigenvalue weighted by Gasteiger charge is -2.37. The van der Waals surface area contributed by atoms with Gasteiger partial charge < -0.3 is 9.84 Å². The van der Waals surface area contributed by atoms with Crippen LogP contribution in [-0.2, 0) is 11.8 Å². The van der Waals surface area contributed by atoms with Gasteiger partial charge in [-0.2, -0.15) is 0 Å². The lowest BCUT2D eigenvalue weighted by atomic mass is 9.86. The standard InChI is InChI=1S/C13H22BrN3O2/c1-3-19-13(8-6-4-5-7-9-13)11(18)10-12(14)15-16-17(10)2/h11,18H,3-9H2,1-2H3. The molecule has 0 radical (unpaired) electrons. The molecule has 5 nitrogen and oxygen atoms in total. The lowest BCUT2D eigenvalue weighted by Crippen LogP contribution is -2.40. The van der Waals surface area contributed by atoms with Crippen molar-refractivity contribution in [1.82, 2.24) is 15.0 Å². The van der Waals surface area contributed by atoms with Crippen molar-refractivity contribution >= 4 is 15.9 Å². The first kappa shape index (κ1) is 14.9. The first-order chi connectivity index (χ1) is 9.10. The fourth-order valence-electron chi connectivity index (χ4n) is 2.99. The number of aliphatic hydroxyl groups excluding tert-OH is 1. The monoisotopic (exact) mass is 331 g/mol. The van der Waals surface area contributed by atoms with Crippen molar-refractivity contribution in [2.24, 2.45) is 7.05 Å². The Kier molecular flexibility index (Phi) is 4.97. The highest BCUT2D eigenvalue weighted by Crippen LogP contribution is 2.41. The Morgan fingerprint density at radius 2 is 2.00 bits per heavy atom. The summed E-state index contributed by atoms with van der Waals surface area (Å²) in [6, 6.07) is 0. The van der Waals surface area contributed by atoms with E-state index in [2.05, 4.69) is 26.2 Å². The van der Waals surface area contributed by atoms with E-state index < -0.39 is 11.7 Å². The average Bonchev–Trinajstić information content (AvgIpc) is 2.61. The topological polar surface area (TPSA) is 60.2 Å². The van der Waals surface area contributed by atoms with E-state index in [4.69, 9.17) is 4.74 Å². The van der Waals surface area contributed by atoms with Crippen LogP contribution < -0.4 is 0 Å². The molecule has 108 valence electrons. The van der Waals surface area contributed by atoms with Crippen LogP contribution in [-0.4, -0.2) is 32.3 Å². The summed E-state index contributed by atoms with van der Waals surface area (Å²) >= 11 is 3.37. The Morgan fingerprint density at radius 1 is 1.37 bits per heavy atom. The van der Waals surface area contributed by atoms with Crippen LogP contribution in [0, 0.1) is 0 Å². The van der Waals surface area contributed by atoms with Gasteiger partial charge in [0.15, 0.2) is 4.60 Å². The van der Waals surface area contributed by atoms with E-state index in [-0.39, 0.29) is 0 Å². The molecule has 0 bridgehead atoms. The van der Waals surface area contributed by atoms with Crippen LogP contribution in [0.15, 0.2) is 4.60 Å². The zero-order chi connectivity index (χ0) is 13.9. The van der Waals surface area contributed by atoms with Crippen LogP contribution in [0.5, 0.6) is 0 Å². The van der Waals surface area contributed by atoms with E-state index in [1.54, 1.807) is 11.7 Å². The number of aliphatic hydroxyl groups is 1. The van der Waals surface area contributed by atoms with Gasteiger partial charge in [0, 0.05) is 13.7 Å². The summed E-state index contributed by atoms with van der Waals surface area (Å²) in [7, 11) is 1.80. The molecular formula is C13H22BrN3O2. The number of halogens is 1. The zero-order valence-electron chi connectivity index (χ0n) is 11.6. The first-order valence-electron chi connectivity index (χ1n) is 6.98. The van der Waals surface area contributed by atoms with Crippen molar-refractivity contribution < 1.29 is 9.84 Å². The molecule has 1 saturated carbocycles. The summed E-state index contributed by atoms with van der Waals surface area (Å²) in [5.41, 5.74) is 0.207. The molecule has 1 aromatic heterocycles. The molecule has 1 aromatic rings. The van der Waals surface area contributed by atoms with Crippen LogP contribution in [0.3, 0.4) is 0 Å². The maximum atomic E-state index is 10.8. The molecule has 1 aliphatic rings. The van der Waals surface area contributed by atoms with E-state index in [0.29, 0.717) is 16.9 Å². The van der Waals surface area contributed by atoms with Crippen LogP contribution in [0.1, 0.15) is 57.2 Å².